The van der Waals surface area contributed by atoms with Gasteiger partial charge in [-0.15, -0.1) is 11.3 Å². The molecule has 1 N–H and O–H groups in total. The van der Waals surface area contributed by atoms with Gasteiger partial charge in [-0.25, -0.2) is 13.2 Å². The zero-order chi connectivity index (χ0) is 27.3. The standard InChI is InChI=1S/C26H34N4O5S2/c1-6-35-26(32)29-12-11-21-22(13-27)25(36-23(21)16-29)28-24(31)19-7-9-20(10-8-19)37(33,34)30(14-17(2)3)15-18(4)5/h7-10,17-18H,6,11-12,14-16H2,1-5H3,(H,28,31). The number of hydrogen-bond acceptors (Lipinski definition) is 7. The van der Waals surface area contributed by atoms with E-state index in [2.05, 4.69) is 11.4 Å². The molecule has 37 heavy (non-hydrogen) atoms. The Morgan fingerprint density at radius 2 is 1.78 bits per heavy atom. The Morgan fingerprint density at radius 3 is 2.32 bits per heavy atom. The minimum absolute atomic E-state index is 0.133. The lowest BCUT2D eigenvalue weighted by Crippen LogP contribution is -2.37. The van der Waals surface area contributed by atoms with Crippen molar-refractivity contribution in [2.24, 2.45) is 11.8 Å². The molecular weight excluding hydrogens is 512 g/mol. The number of nitrogens with one attached hydrogen (secondary N) is 1. The van der Waals surface area contributed by atoms with Gasteiger partial charge in [-0.2, -0.15) is 9.57 Å². The fraction of sp³-hybridized carbons (Fsp3) is 0.500. The molecule has 0 fully saturated rings. The van der Waals surface area contributed by atoms with Crippen molar-refractivity contribution in [2.45, 2.75) is 52.5 Å². The molecular formula is C26H34N4O5S2. The average molecular weight is 547 g/mol. The zero-order valence-electron chi connectivity index (χ0n) is 21.9. The van der Waals surface area contributed by atoms with Crippen LogP contribution in [-0.2, 0) is 27.7 Å². The number of thiophene rings is 1. The van der Waals surface area contributed by atoms with E-state index < -0.39 is 22.0 Å². The minimum Gasteiger partial charge on any atom is -0.450 e. The van der Waals surface area contributed by atoms with Crippen LogP contribution in [0.1, 0.15) is 61.0 Å². The fourth-order valence-corrected chi connectivity index (χ4v) is 7.14. The normalized spacial score (nSPS) is 13.5. The number of nitriles is 1. The van der Waals surface area contributed by atoms with Crippen molar-refractivity contribution in [3.8, 4) is 6.07 Å². The van der Waals surface area contributed by atoms with Crippen molar-refractivity contribution in [3.63, 3.8) is 0 Å². The Balaban J connectivity index is 1.78. The second-order valence-corrected chi connectivity index (χ2v) is 12.8. The molecule has 0 bridgehead atoms. The summed E-state index contributed by atoms with van der Waals surface area (Å²) < 4.78 is 33.1. The summed E-state index contributed by atoms with van der Waals surface area (Å²) in [7, 11) is -3.70. The van der Waals surface area contributed by atoms with E-state index >= 15 is 0 Å². The third kappa shape index (κ3) is 6.69. The first kappa shape index (κ1) is 28.6. The molecule has 0 saturated carbocycles. The van der Waals surface area contributed by atoms with E-state index in [0.29, 0.717) is 43.2 Å². The molecule has 1 aromatic heterocycles. The molecule has 2 aromatic rings. The van der Waals surface area contributed by atoms with E-state index in [9.17, 15) is 23.3 Å². The molecule has 2 heterocycles. The number of hydrogen-bond donors (Lipinski definition) is 1. The van der Waals surface area contributed by atoms with Gasteiger partial charge in [0.15, 0.2) is 0 Å². The highest BCUT2D eigenvalue weighted by atomic mass is 32.2. The van der Waals surface area contributed by atoms with Crippen molar-refractivity contribution in [1.29, 1.82) is 5.26 Å². The first-order valence-electron chi connectivity index (χ1n) is 12.4. The molecule has 0 radical (unpaired) electrons. The van der Waals surface area contributed by atoms with Crippen molar-refractivity contribution in [3.05, 3.63) is 45.8 Å². The number of rotatable bonds is 9. The van der Waals surface area contributed by atoms with Crippen LogP contribution in [0.15, 0.2) is 29.2 Å². The monoisotopic (exact) mass is 546 g/mol. The van der Waals surface area contributed by atoms with Crippen molar-refractivity contribution in [2.75, 3.05) is 31.6 Å². The molecule has 0 spiro atoms. The summed E-state index contributed by atoms with van der Waals surface area (Å²) in [5.74, 6) is -0.0923. The van der Waals surface area contributed by atoms with Crippen LogP contribution in [0.5, 0.6) is 0 Å². The van der Waals surface area contributed by atoms with Gasteiger partial charge < -0.3 is 15.0 Å². The largest absolute Gasteiger partial charge is 0.450 e. The van der Waals surface area contributed by atoms with Crippen molar-refractivity contribution in [1.82, 2.24) is 9.21 Å². The number of carbonyl (C=O) groups excluding carboxylic acids is 2. The van der Waals surface area contributed by atoms with Gasteiger partial charge in [-0.1, -0.05) is 27.7 Å². The number of carbonyl (C=O) groups is 2. The van der Waals surface area contributed by atoms with E-state index in [-0.39, 0.29) is 28.9 Å². The van der Waals surface area contributed by atoms with Gasteiger partial charge in [0, 0.05) is 30.1 Å². The summed E-state index contributed by atoms with van der Waals surface area (Å²) in [4.78, 5) is 27.6. The maximum absolute atomic E-state index is 13.2. The first-order chi connectivity index (χ1) is 17.5. The summed E-state index contributed by atoms with van der Waals surface area (Å²) in [6.45, 7) is 11.5. The van der Waals surface area contributed by atoms with E-state index in [1.165, 1.54) is 39.9 Å². The van der Waals surface area contributed by atoms with Crippen LogP contribution in [0.25, 0.3) is 0 Å². The van der Waals surface area contributed by atoms with E-state index in [0.717, 1.165) is 10.4 Å². The second-order valence-electron chi connectivity index (χ2n) is 9.78. The average Bonchev–Trinajstić information content (AvgIpc) is 3.19. The highest BCUT2D eigenvalue weighted by Crippen LogP contribution is 2.37. The highest BCUT2D eigenvalue weighted by Gasteiger charge is 2.29. The summed E-state index contributed by atoms with van der Waals surface area (Å²) in [6, 6.07) is 8.03. The maximum Gasteiger partial charge on any atom is 0.410 e. The Labute approximate surface area is 223 Å². The molecule has 1 aromatic carbocycles. The lowest BCUT2D eigenvalue weighted by molar-refractivity contribution is 0.102. The molecule has 0 saturated heterocycles. The minimum atomic E-state index is -3.70. The van der Waals surface area contributed by atoms with Crippen LogP contribution < -0.4 is 5.32 Å². The predicted molar refractivity (Wildman–Crippen MR) is 143 cm³/mol. The number of sulfonamides is 1. The molecule has 1 aliphatic heterocycles. The molecule has 0 atom stereocenters. The third-order valence-corrected chi connectivity index (χ3v) is 8.79. The molecule has 200 valence electrons. The Kier molecular flexibility index (Phi) is 9.34. The second kappa shape index (κ2) is 12.1. The van der Waals surface area contributed by atoms with Crippen LogP contribution in [0.4, 0.5) is 9.80 Å². The van der Waals surface area contributed by atoms with Gasteiger partial charge in [0.1, 0.15) is 11.1 Å². The van der Waals surface area contributed by atoms with Crippen LogP contribution >= 0.6 is 11.3 Å². The van der Waals surface area contributed by atoms with E-state index in [1.54, 1.807) is 11.8 Å². The van der Waals surface area contributed by atoms with Crippen LogP contribution in [0.3, 0.4) is 0 Å². The molecule has 2 amide bonds. The highest BCUT2D eigenvalue weighted by molar-refractivity contribution is 7.89. The summed E-state index contributed by atoms with van der Waals surface area (Å²) in [6.07, 6.45) is 0.0974. The molecule has 9 nitrogen and oxygen atoms in total. The predicted octanol–water partition coefficient (Wildman–Crippen LogP) is 4.69. The Morgan fingerprint density at radius 1 is 1.16 bits per heavy atom. The fourth-order valence-electron chi connectivity index (χ4n) is 4.17. The quantitative estimate of drug-likeness (QED) is 0.487. The first-order valence-corrected chi connectivity index (χ1v) is 14.6. The molecule has 1 aliphatic rings. The topological polar surface area (TPSA) is 120 Å². The molecule has 3 rings (SSSR count). The van der Waals surface area contributed by atoms with E-state index in [4.69, 9.17) is 4.74 Å². The SMILES string of the molecule is CCOC(=O)N1CCc2c(sc(NC(=O)c3ccc(S(=O)(=O)N(CC(C)C)CC(C)C)cc3)c2C#N)C1. The van der Waals surface area contributed by atoms with Crippen LogP contribution in [0, 0.1) is 23.2 Å². The summed E-state index contributed by atoms with van der Waals surface area (Å²) in [5, 5.41) is 13.0. The van der Waals surface area contributed by atoms with Gasteiger partial charge in [-0.05, 0) is 55.0 Å². The van der Waals surface area contributed by atoms with Gasteiger partial charge in [0.05, 0.1) is 23.6 Å². The maximum atomic E-state index is 13.2. The number of benzene rings is 1. The molecule has 0 aliphatic carbocycles. The van der Waals surface area contributed by atoms with Crippen molar-refractivity contribution >= 4 is 38.4 Å². The van der Waals surface area contributed by atoms with Gasteiger partial charge in [0.25, 0.3) is 5.91 Å². The number of nitrogens with zero attached hydrogens (tertiary/aromatic N) is 3. The lowest BCUT2D eigenvalue weighted by Gasteiger charge is -2.25. The van der Waals surface area contributed by atoms with Gasteiger partial charge in [0.2, 0.25) is 10.0 Å². The molecule has 0 unspecified atom stereocenters. The van der Waals surface area contributed by atoms with Crippen LogP contribution in [0.2, 0.25) is 0 Å². The number of amides is 2. The van der Waals surface area contributed by atoms with Gasteiger partial charge in [-0.3, -0.25) is 4.79 Å². The van der Waals surface area contributed by atoms with Gasteiger partial charge >= 0.3 is 6.09 Å². The smallest absolute Gasteiger partial charge is 0.410 e. The Bertz CT molecular complexity index is 1270. The van der Waals surface area contributed by atoms with Crippen molar-refractivity contribution < 1.29 is 22.7 Å². The number of anilines is 1. The third-order valence-electron chi connectivity index (χ3n) is 5.81. The lowest BCUT2D eigenvalue weighted by atomic mass is 10.0. The molecule has 11 heteroatoms. The number of fused-ring (bicyclic) bond motifs is 1. The summed E-state index contributed by atoms with van der Waals surface area (Å²) >= 11 is 1.26. The Hall–Kier alpha value is -2.94. The zero-order valence-corrected chi connectivity index (χ0v) is 23.5. The van der Waals surface area contributed by atoms with E-state index in [1.807, 2.05) is 27.7 Å². The summed E-state index contributed by atoms with van der Waals surface area (Å²) in [5.41, 5.74) is 1.51. The number of ether oxygens (including phenoxy) is 1. The van der Waals surface area contributed by atoms with Crippen LogP contribution in [-0.4, -0.2) is 55.9 Å².